The van der Waals surface area contributed by atoms with Crippen molar-refractivity contribution in [3.8, 4) is 5.75 Å². The molecule has 0 N–H and O–H groups in total. The highest BCUT2D eigenvalue weighted by Crippen LogP contribution is 2.44. The Morgan fingerprint density at radius 3 is 2.17 bits per heavy atom. The maximum atomic E-state index is 12.0. The first kappa shape index (κ1) is 12.9. The second kappa shape index (κ2) is 4.30. The van der Waals surface area contributed by atoms with Crippen LogP contribution in [0.15, 0.2) is 24.3 Å². The largest absolute Gasteiger partial charge is 0.497 e. The highest BCUT2D eigenvalue weighted by atomic mass is 16.5. The summed E-state index contributed by atoms with van der Waals surface area (Å²) in [6, 6.07) is 8.18. The Morgan fingerprint density at radius 1 is 1.17 bits per heavy atom. The van der Waals surface area contributed by atoms with E-state index in [1.54, 1.807) is 7.11 Å². The van der Waals surface area contributed by atoms with Crippen LogP contribution >= 0.6 is 0 Å². The smallest absolute Gasteiger partial charge is 0.228 e. The highest BCUT2D eigenvalue weighted by Gasteiger charge is 2.49. The molecule has 1 heterocycles. The van der Waals surface area contributed by atoms with Gasteiger partial charge in [-0.05, 0) is 38.5 Å². The van der Waals surface area contributed by atoms with Crippen LogP contribution in [0.25, 0.3) is 0 Å². The Morgan fingerprint density at radius 2 is 1.72 bits per heavy atom. The molecule has 0 unspecified atom stereocenters. The summed E-state index contributed by atoms with van der Waals surface area (Å²) in [6.45, 7) is 8.23. The number of carbonyl (C=O) groups excluding carboxylic acids is 1. The Balaban J connectivity index is 2.28. The predicted octanol–water partition coefficient (Wildman–Crippen LogP) is 3.01. The topological polar surface area (TPSA) is 29.5 Å². The first-order chi connectivity index (χ1) is 8.36. The monoisotopic (exact) mass is 247 g/mol. The van der Waals surface area contributed by atoms with E-state index in [1.807, 2.05) is 36.1 Å². The fraction of sp³-hybridized carbons (Fsp3) is 0.533. The molecule has 18 heavy (non-hydrogen) atoms. The van der Waals surface area contributed by atoms with E-state index < -0.39 is 0 Å². The van der Waals surface area contributed by atoms with E-state index in [0.717, 1.165) is 5.75 Å². The van der Waals surface area contributed by atoms with Gasteiger partial charge in [-0.1, -0.05) is 19.1 Å². The lowest BCUT2D eigenvalue weighted by Crippen LogP contribution is -2.61. The summed E-state index contributed by atoms with van der Waals surface area (Å²) < 4.78 is 5.16. The van der Waals surface area contributed by atoms with Gasteiger partial charge in [0.05, 0.1) is 19.1 Å². The molecule has 2 atom stereocenters. The van der Waals surface area contributed by atoms with Gasteiger partial charge < -0.3 is 9.64 Å². The van der Waals surface area contributed by atoms with E-state index in [1.165, 1.54) is 5.56 Å². The van der Waals surface area contributed by atoms with Crippen LogP contribution in [-0.2, 0) is 4.79 Å². The van der Waals surface area contributed by atoms with Crippen molar-refractivity contribution in [2.24, 2.45) is 5.92 Å². The molecule has 2 rings (SSSR count). The van der Waals surface area contributed by atoms with E-state index in [9.17, 15) is 4.79 Å². The maximum absolute atomic E-state index is 12.0. The number of hydrogen-bond donors (Lipinski definition) is 0. The average Bonchev–Trinajstić information content (AvgIpc) is 2.33. The van der Waals surface area contributed by atoms with Crippen molar-refractivity contribution in [3.05, 3.63) is 29.8 Å². The first-order valence-electron chi connectivity index (χ1n) is 6.33. The van der Waals surface area contributed by atoms with E-state index in [4.69, 9.17) is 4.74 Å². The fourth-order valence-corrected chi connectivity index (χ4v) is 2.62. The third-order valence-electron chi connectivity index (χ3n) is 3.56. The van der Waals surface area contributed by atoms with Crippen LogP contribution in [0.3, 0.4) is 0 Å². The van der Waals surface area contributed by atoms with Gasteiger partial charge in [0.2, 0.25) is 5.91 Å². The molecule has 1 fully saturated rings. The van der Waals surface area contributed by atoms with Gasteiger partial charge in [0.15, 0.2) is 0 Å². The first-order valence-corrected chi connectivity index (χ1v) is 6.33. The number of carbonyl (C=O) groups is 1. The quantitative estimate of drug-likeness (QED) is 0.752. The van der Waals surface area contributed by atoms with Crippen LogP contribution in [0, 0.1) is 5.92 Å². The lowest BCUT2D eigenvalue weighted by atomic mass is 9.80. The molecule has 1 saturated heterocycles. The minimum Gasteiger partial charge on any atom is -0.497 e. The standard InChI is InChI=1S/C15H21NO2/c1-10-13(16(14(10)17)15(2,3)4)11-6-8-12(18-5)9-7-11/h6-10,13H,1-5H3/t10-,13-/m0/s1. The number of amides is 1. The van der Waals surface area contributed by atoms with Crippen molar-refractivity contribution in [1.29, 1.82) is 0 Å². The molecule has 0 saturated carbocycles. The SMILES string of the molecule is COc1ccc([C@@H]2[C@H](C)C(=O)N2C(C)(C)C)cc1. The van der Waals surface area contributed by atoms with Gasteiger partial charge in [-0.15, -0.1) is 0 Å². The van der Waals surface area contributed by atoms with Crippen molar-refractivity contribution in [1.82, 2.24) is 4.90 Å². The van der Waals surface area contributed by atoms with Crippen molar-refractivity contribution in [2.75, 3.05) is 7.11 Å². The molecule has 1 aliphatic rings. The number of rotatable bonds is 2. The zero-order chi connectivity index (χ0) is 13.5. The second-order valence-electron chi connectivity index (χ2n) is 5.89. The van der Waals surface area contributed by atoms with Gasteiger partial charge in [-0.3, -0.25) is 4.79 Å². The molecule has 0 radical (unpaired) electrons. The molecule has 0 aliphatic carbocycles. The number of hydrogen-bond acceptors (Lipinski definition) is 2. The Kier molecular flexibility index (Phi) is 3.09. The average molecular weight is 247 g/mol. The van der Waals surface area contributed by atoms with Gasteiger partial charge in [0.25, 0.3) is 0 Å². The van der Waals surface area contributed by atoms with Crippen molar-refractivity contribution < 1.29 is 9.53 Å². The van der Waals surface area contributed by atoms with Crippen LogP contribution in [0.5, 0.6) is 5.75 Å². The van der Waals surface area contributed by atoms with E-state index in [0.29, 0.717) is 0 Å². The summed E-state index contributed by atoms with van der Waals surface area (Å²) in [6.07, 6.45) is 0. The minimum atomic E-state index is -0.131. The summed E-state index contributed by atoms with van der Waals surface area (Å²) in [7, 11) is 1.66. The van der Waals surface area contributed by atoms with Gasteiger partial charge in [0.1, 0.15) is 5.75 Å². The van der Waals surface area contributed by atoms with E-state index in [2.05, 4.69) is 20.8 Å². The molecule has 1 aromatic rings. The third kappa shape index (κ3) is 1.98. The number of nitrogens with zero attached hydrogens (tertiary/aromatic N) is 1. The second-order valence-corrected chi connectivity index (χ2v) is 5.89. The minimum absolute atomic E-state index is 0.0672. The fourth-order valence-electron chi connectivity index (χ4n) is 2.62. The molecular formula is C15H21NO2. The number of methoxy groups -OCH3 is 1. The van der Waals surface area contributed by atoms with Gasteiger partial charge in [0, 0.05) is 5.54 Å². The van der Waals surface area contributed by atoms with E-state index in [-0.39, 0.29) is 23.4 Å². The molecule has 3 nitrogen and oxygen atoms in total. The highest BCUT2D eigenvalue weighted by molar-refractivity contribution is 5.87. The summed E-state index contributed by atoms with van der Waals surface area (Å²) in [5.74, 6) is 1.15. The molecule has 1 amide bonds. The number of β-lactam (4-membered cyclic amide) rings is 1. The Hall–Kier alpha value is -1.51. The summed E-state index contributed by atoms with van der Waals surface area (Å²) >= 11 is 0. The summed E-state index contributed by atoms with van der Waals surface area (Å²) in [5, 5.41) is 0. The normalized spacial score (nSPS) is 23.8. The summed E-state index contributed by atoms with van der Waals surface area (Å²) in [5.41, 5.74) is 1.05. The van der Waals surface area contributed by atoms with Crippen LogP contribution < -0.4 is 4.74 Å². The van der Waals surface area contributed by atoms with E-state index >= 15 is 0 Å². The zero-order valence-corrected chi connectivity index (χ0v) is 11.7. The maximum Gasteiger partial charge on any atom is 0.228 e. The van der Waals surface area contributed by atoms with Gasteiger partial charge in [-0.25, -0.2) is 0 Å². The molecular weight excluding hydrogens is 226 g/mol. The van der Waals surface area contributed by atoms with Crippen LogP contribution in [0.4, 0.5) is 0 Å². The molecule has 98 valence electrons. The predicted molar refractivity (Wildman–Crippen MR) is 71.5 cm³/mol. The Bertz CT molecular complexity index is 445. The van der Waals surface area contributed by atoms with Crippen molar-refractivity contribution in [3.63, 3.8) is 0 Å². The van der Waals surface area contributed by atoms with Crippen molar-refractivity contribution in [2.45, 2.75) is 39.3 Å². The van der Waals surface area contributed by atoms with Gasteiger partial charge >= 0.3 is 0 Å². The number of likely N-dealkylation sites (tertiary alicyclic amines) is 1. The molecule has 0 bridgehead atoms. The third-order valence-corrected chi connectivity index (χ3v) is 3.56. The Labute approximate surface area is 109 Å². The van der Waals surface area contributed by atoms with Crippen LogP contribution in [-0.4, -0.2) is 23.5 Å². The number of ether oxygens (including phenoxy) is 1. The molecule has 1 aromatic carbocycles. The van der Waals surface area contributed by atoms with Crippen molar-refractivity contribution >= 4 is 5.91 Å². The summed E-state index contributed by atoms with van der Waals surface area (Å²) in [4.78, 5) is 14.0. The lowest BCUT2D eigenvalue weighted by Gasteiger charge is -2.53. The molecule has 3 heteroatoms. The van der Waals surface area contributed by atoms with Crippen LogP contribution in [0.2, 0.25) is 0 Å². The molecule has 0 aromatic heterocycles. The molecule has 0 spiro atoms. The molecule has 1 aliphatic heterocycles. The lowest BCUT2D eigenvalue weighted by molar-refractivity contribution is -0.165. The van der Waals surface area contributed by atoms with Gasteiger partial charge in [-0.2, -0.15) is 0 Å². The number of benzene rings is 1. The van der Waals surface area contributed by atoms with Crippen LogP contribution in [0.1, 0.15) is 39.3 Å². The zero-order valence-electron chi connectivity index (χ0n) is 11.7.